The van der Waals surface area contributed by atoms with Crippen LogP contribution < -0.4 is 5.32 Å². The minimum absolute atomic E-state index is 0.133. The van der Waals surface area contributed by atoms with Gasteiger partial charge in [-0.1, -0.05) is 25.0 Å². The summed E-state index contributed by atoms with van der Waals surface area (Å²) in [6.45, 7) is 3.27. The van der Waals surface area contributed by atoms with E-state index in [2.05, 4.69) is 5.32 Å². The first-order valence-corrected chi connectivity index (χ1v) is 6.98. The number of urea groups is 1. The average molecular weight is 276 g/mol. The topological polar surface area (TPSA) is 69.6 Å². The molecule has 0 aliphatic carbocycles. The fourth-order valence-electron chi connectivity index (χ4n) is 2.47. The predicted octanol–water partition coefficient (Wildman–Crippen LogP) is 3.10. The summed E-state index contributed by atoms with van der Waals surface area (Å²) in [6.07, 6.45) is 4.31. The first kappa shape index (κ1) is 14.4. The van der Waals surface area contributed by atoms with Gasteiger partial charge in [0.25, 0.3) is 0 Å². The van der Waals surface area contributed by atoms with Gasteiger partial charge in [0.1, 0.15) is 0 Å². The number of para-hydroxylation sites is 1. The summed E-state index contributed by atoms with van der Waals surface area (Å²) in [5.41, 5.74) is 1.29. The van der Waals surface area contributed by atoms with E-state index in [0.717, 1.165) is 44.3 Å². The van der Waals surface area contributed by atoms with E-state index < -0.39 is 5.97 Å². The monoisotopic (exact) mass is 276 g/mol. The molecule has 1 aliphatic rings. The summed E-state index contributed by atoms with van der Waals surface area (Å²) < 4.78 is 0. The maximum Gasteiger partial charge on any atom is 0.337 e. The van der Waals surface area contributed by atoms with Crippen molar-refractivity contribution in [3.63, 3.8) is 0 Å². The van der Waals surface area contributed by atoms with E-state index in [4.69, 9.17) is 0 Å². The number of nitrogens with zero attached hydrogens (tertiary/aromatic N) is 1. The van der Waals surface area contributed by atoms with Crippen LogP contribution in [0.25, 0.3) is 0 Å². The third kappa shape index (κ3) is 3.29. The summed E-state index contributed by atoms with van der Waals surface area (Å²) in [7, 11) is 0. The van der Waals surface area contributed by atoms with Crippen LogP contribution in [0.5, 0.6) is 0 Å². The van der Waals surface area contributed by atoms with E-state index in [0.29, 0.717) is 5.69 Å². The van der Waals surface area contributed by atoms with Crippen molar-refractivity contribution in [2.75, 3.05) is 18.4 Å². The molecule has 1 aromatic carbocycles. The van der Waals surface area contributed by atoms with Gasteiger partial charge in [0.2, 0.25) is 0 Å². The molecule has 5 nitrogen and oxygen atoms in total. The highest BCUT2D eigenvalue weighted by Crippen LogP contribution is 2.21. The number of likely N-dealkylation sites (tertiary alicyclic amines) is 1. The van der Waals surface area contributed by atoms with Gasteiger partial charge in [-0.05, 0) is 31.4 Å². The molecule has 1 aromatic rings. The van der Waals surface area contributed by atoms with Crippen LogP contribution in [0, 0.1) is 6.92 Å². The van der Waals surface area contributed by atoms with Crippen LogP contribution in [0.1, 0.15) is 41.6 Å². The van der Waals surface area contributed by atoms with Gasteiger partial charge in [0.15, 0.2) is 0 Å². The lowest BCUT2D eigenvalue weighted by atomic mass is 10.1. The van der Waals surface area contributed by atoms with E-state index >= 15 is 0 Å². The van der Waals surface area contributed by atoms with Gasteiger partial charge in [-0.15, -0.1) is 0 Å². The third-order valence-corrected chi connectivity index (χ3v) is 3.63. The maximum atomic E-state index is 12.3. The van der Waals surface area contributed by atoms with E-state index in [-0.39, 0.29) is 11.6 Å². The van der Waals surface area contributed by atoms with Crippen molar-refractivity contribution in [3.05, 3.63) is 29.3 Å². The summed E-state index contributed by atoms with van der Waals surface area (Å²) in [5, 5.41) is 12.0. The Morgan fingerprint density at radius 3 is 2.40 bits per heavy atom. The molecule has 0 spiro atoms. The number of amides is 2. The molecule has 0 radical (unpaired) electrons. The number of carbonyl (C=O) groups is 2. The molecule has 1 saturated heterocycles. The van der Waals surface area contributed by atoms with Crippen LogP contribution in [-0.4, -0.2) is 35.1 Å². The highest BCUT2D eigenvalue weighted by Gasteiger charge is 2.19. The van der Waals surface area contributed by atoms with Crippen LogP contribution in [0.4, 0.5) is 10.5 Å². The molecular weight excluding hydrogens is 256 g/mol. The number of rotatable bonds is 2. The van der Waals surface area contributed by atoms with Crippen molar-refractivity contribution in [2.24, 2.45) is 0 Å². The zero-order valence-electron chi connectivity index (χ0n) is 11.7. The number of nitrogens with one attached hydrogen (secondary N) is 1. The van der Waals surface area contributed by atoms with Crippen LogP contribution >= 0.6 is 0 Å². The summed E-state index contributed by atoms with van der Waals surface area (Å²) >= 11 is 0. The van der Waals surface area contributed by atoms with Crippen LogP contribution in [-0.2, 0) is 0 Å². The Labute approximate surface area is 118 Å². The number of carboxylic acids is 1. The Balaban J connectivity index is 2.16. The first-order valence-electron chi connectivity index (χ1n) is 6.98. The molecule has 0 atom stereocenters. The van der Waals surface area contributed by atoms with Crippen molar-refractivity contribution in [1.82, 2.24) is 4.90 Å². The van der Waals surface area contributed by atoms with Crippen molar-refractivity contribution in [1.29, 1.82) is 0 Å². The van der Waals surface area contributed by atoms with E-state index in [1.54, 1.807) is 24.0 Å². The highest BCUT2D eigenvalue weighted by atomic mass is 16.4. The molecule has 2 N–H and O–H groups in total. The standard InChI is InChI=1S/C15H20N2O3/c1-11-7-6-8-12(14(18)19)13(11)16-15(20)17-9-4-2-3-5-10-17/h6-8H,2-5,9-10H2,1H3,(H,16,20)(H,18,19). The lowest BCUT2D eigenvalue weighted by molar-refractivity contribution is 0.0698. The molecule has 5 heteroatoms. The average Bonchev–Trinajstić information content (AvgIpc) is 2.69. The number of hydrogen-bond donors (Lipinski definition) is 2. The van der Waals surface area contributed by atoms with Gasteiger partial charge in [0.05, 0.1) is 11.3 Å². The summed E-state index contributed by atoms with van der Waals surface area (Å²) in [6, 6.07) is 4.78. The van der Waals surface area contributed by atoms with Crippen molar-refractivity contribution in [2.45, 2.75) is 32.6 Å². The van der Waals surface area contributed by atoms with Gasteiger partial charge in [-0.2, -0.15) is 0 Å². The molecule has 20 heavy (non-hydrogen) atoms. The van der Waals surface area contributed by atoms with Crippen molar-refractivity contribution < 1.29 is 14.7 Å². The molecule has 2 amide bonds. The van der Waals surface area contributed by atoms with Crippen LogP contribution in [0.2, 0.25) is 0 Å². The largest absolute Gasteiger partial charge is 0.478 e. The fourth-order valence-corrected chi connectivity index (χ4v) is 2.47. The van der Waals surface area contributed by atoms with Crippen molar-refractivity contribution >= 4 is 17.7 Å². The number of carbonyl (C=O) groups excluding carboxylic acids is 1. The first-order chi connectivity index (χ1) is 9.59. The Bertz CT molecular complexity index is 506. The molecule has 0 saturated carbocycles. The Morgan fingerprint density at radius 1 is 1.15 bits per heavy atom. The number of aromatic carboxylic acids is 1. The Kier molecular flexibility index (Phi) is 4.61. The SMILES string of the molecule is Cc1cccc(C(=O)O)c1NC(=O)N1CCCCCC1. The lowest BCUT2D eigenvalue weighted by Crippen LogP contribution is -2.36. The molecule has 0 bridgehead atoms. The molecule has 0 aromatic heterocycles. The summed E-state index contributed by atoms with van der Waals surface area (Å²) in [5.74, 6) is -1.03. The molecule has 2 rings (SSSR count). The van der Waals surface area contributed by atoms with E-state index in [1.165, 1.54) is 6.07 Å². The number of benzene rings is 1. The smallest absolute Gasteiger partial charge is 0.337 e. The molecular formula is C15H20N2O3. The molecule has 0 unspecified atom stereocenters. The Morgan fingerprint density at radius 2 is 1.80 bits per heavy atom. The molecule has 1 aliphatic heterocycles. The van der Waals surface area contributed by atoms with Gasteiger partial charge in [-0.25, -0.2) is 9.59 Å². The lowest BCUT2D eigenvalue weighted by Gasteiger charge is -2.22. The number of hydrogen-bond acceptors (Lipinski definition) is 2. The summed E-state index contributed by atoms with van der Waals surface area (Å²) in [4.78, 5) is 25.3. The third-order valence-electron chi connectivity index (χ3n) is 3.63. The predicted molar refractivity (Wildman–Crippen MR) is 77.2 cm³/mol. The maximum absolute atomic E-state index is 12.3. The minimum Gasteiger partial charge on any atom is -0.478 e. The number of carboxylic acid groups (broad SMARTS) is 1. The molecule has 108 valence electrons. The second kappa shape index (κ2) is 6.41. The van der Waals surface area contributed by atoms with Gasteiger partial charge in [0, 0.05) is 13.1 Å². The van der Waals surface area contributed by atoms with Gasteiger partial charge < -0.3 is 15.3 Å². The van der Waals surface area contributed by atoms with Crippen LogP contribution in [0.15, 0.2) is 18.2 Å². The highest BCUT2D eigenvalue weighted by molar-refractivity contribution is 6.01. The minimum atomic E-state index is -1.03. The van der Waals surface area contributed by atoms with Crippen molar-refractivity contribution in [3.8, 4) is 0 Å². The Hall–Kier alpha value is -2.04. The van der Waals surface area contributed by atoms with Gasteiger partial charge >= 0.3 is 12.0 Å². The number of aryl methyl sites for hydroxylation is 1. The second-order valence-electron chi connectivity index (χ2n) is 5.13. The second-order valence-corrected chi connectivity index (χ2v) is 5.13. The normalized spacial score (nSPS) is 15.6. The van der Waals surface area contributed by atoms with Crippen LogP contribution in [0.3, 0.4) is 0 Å². The van der Waals surface area contributed by atoms with Gasteiger partial charge in [-0.3, -0.25) is 0 Å². The van der Waals surface area contributed by atoms with E-state index in [1.807, 2.05) is 0 Å². The zero-order valence-corrected chi connectivity index (χ0v) is 11.7. The number of anilines is 1. The quantitative estimate of drug-likeness (QED) is 0.872. The molecule has 1 heterocycles. The van der Waals surface area contributed by atoms with E-state index in [9.17, 15) is 14.7 Å². The zero-order chi connectivity index (χ0) is 14.5. The molecule has 1 fully saturated rings. The fraction of sp³-hybridized carbons (Fsp3) is 0.467.